The molecule has 10 heteroatoms. The second-order valence-corrected chi connectivity index (χ2v) is 7.85. The number of hydrogen-bond acceptors (Lipinski definition) is 5. The number of benzene rings is 1. The molecule has 1 fully saturated rings. The summed E-state index contributed by atoms with van der Waals surface area (Å²) in [6.07, 6.45) is 0. The normalized spacial score (nSPS) is 15.9. The Balaban J connectivity index is 0.00000364. The third-order valence-corrected chi connectivity index (χ3v) is 5.92. The largest absolute Gasteiger partial charge is 0.383 e. The van der Waals surface area contributed by atoms with Gasteiger partial charge in [-0.25, -0.2) is 8.42 Å². The predicted molar refractivity (Wildman–Crippen MR) is 117 cm³/mol. The standard InChI is InChI=1S/C17H28N4O4S.HI/c1-18-17(19-7-10-24-2)20-13-15-5-3-4-6-16(15)14-26(22,23)21-8-11-25-12-9-21;/h3-6H,7-14H2,1-2H3,(H2,18,19,20);1H. The van der Waals surface area contributed by atoms with Crippen LogP contribution in [0.5, 0.6) is 0 Å². The highest BCUT2D eigenvalue weighted by Gasteiger charge is 2.25. The first-order valence-electron chi connectivity index (χ1n) is 8.62. The van der Waals surface area contributed by atoms with Gasteiger partial charge < -0.3 is 20.1 Å². The van der Waals surface area contributed by atoms with Gasteiger partial charge in [0.05, 0.1) is 25.6 Å². The van der Waals surface area contributed by atoms with Crippen LogP contribution in [0.1, 0.15) is 11.1 Å². The summed E-state index contributed by atoms with van der Waals surface area (Å²) in [5.74, 6) is 0.633. The third-order valence-electron chi connectivity index (χ3n) is 4.09. The smallest absolute Gasteiger partial charge is 0.218 e. The number of guanidine groups is 1. The highest BCUT2D eigenvalue weighted by atomic mass is 127. The van der Waals surface area contributed by atoms with E-state index in [2.05, 4.69) is 15.6 Å². The van der Waals surface area contributed by atoms with Crippen LogP contribution in [0.2, 0.25) is 0 Å². The molecule has 1 aliphatic heterocycles. The molecule has 154 valence electrons. The van der Waals surface area contributed by atoms with E-state index in [1.807, 2.05) is 24.3 Å². The van der Waals surface area contributed by atoms with Crippen LogP contribution in [0.4, 0.5) is 0 Å². The van der Waals surface area contributed by atoms with Gasteiger partial charge in [-0.1, -0.05) is 24.3 Å². The summed E-state index contributed by atoms with van der Waals surface area (Å²) >= 11 is 0. The number of ether oxygens (including phenoxy) is 2. The van der Waals surface area contributed by atoms with E-state index in [0.29, 0.717) is 52.0 Å². The molecule has 2 N–H and O–H groups in total. The van der Waals surface area contributed by atoms with Gasteiger partial charge in [0, 0.05) is 40.3 Å². The molecule has 0 saturated carbocycles. The Morgan fingerprint density at radius 3 is 2.52 bits per heavy atom. The van der Waals surface area contributed by atoms with Crippen molar-refractivity contribution in [3.8, 4) is 0 Å². The van der Waals surface area contributed by atoms with E-state index in [9.17, 15) is 8.42 Å². The minimum Gasteiger partial charge on any atom is -0.383 e. The number of halogens is 1. The van der Waals surface area contributed by atoms with Crippen LogP contribution in [0.25, 0.3) is 0 Å². The molecule has 1 aromatic carbocycles. The zero-order chi connectivity index (χ0) is 18.8. The maximum Gasteiger partial charge on any atom is 0.218 e. The van der Waals surface area contributed by atoms with Gasteiger partial charge in [-0.3, -0.25) is 4.99 Å². The molecule has 27 heavy (non-hydrogen) atoms. The summed E-state index contributed by atoms with van der Waals surface area (Å²) < 4.78 is 37.1. The molecule has 1 saturated heterocycles. The first-order chi connectivity index (χ1) is 12.6. The lowest BCUT2D eigenvalue weighted by molar-refractivity contribution is 0.0729. The highest BCUT2D eigenvalue weighted by Crippen LogP contribution is 2.16. The lowest BCUT2D eigenvalue weighted by Crippen LogP contribution is -2.41. The fraction of sp³-hybridized carbons (Fsp3) is 0.588. The van der Waals surface area contributed by atoms with Crippen molar-refractivity contribution >= 4 is 40.0 Å². The minimum absolute atomic E-state index is 0. The number of nitrogens with one attached hydrogen (secondary N) is 2. The van der Waals surface area contributed by atoms with Crippen molar-refractivity contribution in [3.63, 3.8) is 0 Å². The average molecular weight is 512 g/mol. The van der Waals surface area contributed by atoms with Crippen LogP contribution in [0.3, 0.4) is 0 Å². The maximum absolute atomic E-state index is 12.7. The van der Waals surface area contributed by atoms with Crippen molar-refractivity contribution < 1.29 is 17.9 Å². The fourth-order valence-corrected chi connectivity index (χ4v) is 4.22. The second-order valence-electron chi connectivity index (χ2n) is 5.88. The maximum atomic E-state index is 12.7. The van der Waals surface area contributed by atoms with Gasteiger partial charge >= 0.3 is 0 Å². The summed E-state index contributed by atoms with van der Waals surface area (Å²) in [7, 11) is -0.0241. The Bertz CT molecular complexity index is 694. The van der Waals surface area contributed by atoms with Gasteiger partial charge in [0.15, 0.2) is 5.96 Å². The summed E-state index contributed by atoms with van der Waals surface area (Å²) in [5.41, 5.74) is 1.72. The van der Waals surface area contributed by atoms with Crippen molar-refractivity contribution in [3.05, 3.63) is 35.4 Å². The first-order valence-corrected chi connectivity index (χ1v) is 10.2. The number of rotatable bonds is 8. The Morgan fingerprint density at radius 1 is 1.22 bits per heavy atom. The molecule has 0 amide bonds. The molecule has 0 spiro atoms. The lowest BCUT2D eigenvalue weighted by atomic mass is 10.1. The third kappa shape index (κ3) is 7.90. The second kappa shape index (κ2) is 12.5. The van der Waals surface area contributed by atoms with Crippen molar-refractivity contribution in [1.29, 1.82) is 0 Å². The molecule has 1 aromatic rings. The number of morpholine rings is 1. The van der Waals surface area contributed by atoms with Crippen molar-refractivity contribution in [2.45, 2.75) is 12.3 Å². The Labute approximate surface area is 178 Å². The lowest BCUT2D eigenvalue weighted by Gasteiger charge is -2.26. The molecule has 0 atom stereocenters. The van der Waals surface area contributed by atoms with Gasteiger partial charge in [0.25, 0.3) is 0 Å². The van der Waals surface area contributed by atoms with Crippen LogP contribution in [-0.4, -0.2) is 72.3 Å². The zero-order valence-electron chi connectivity index (χ0n) is 15.8. The molecule has 0 bridgehead atoms. The molecular weight excluding hydrogens is 483 g/mol. The van der Waals surface area contributed by atoms with Gasteiger partial charge in [-0.15, -0.1) is 24.0 Å². The van der Waals surface area contributed by atoms with E-state index >= 15 is 0 Å². The van der Waals surface area contributed by atoms with E-state index in [1.165, 1.54) is 4.31 Å². The molecule has 0 unspecified atom stereocenters. The molecule has 2 rings (SSSR count). The van der Waals surface area contributed by atoms with Gasteiger partial charge in [0.1, 0.15) is 0 Å². The molecule has 0 aliphatic carbocycles. The average Bonchev–Trinajstić information content (AvgIpc) is 2.66. The zero-order valence-corrected chi connectivity index (χ0v) is 19.0. The summed E-state index contributed by atoms with van der Waals surface area (Å²) in [6, 6.07) is 7.55. The van der Waals surface area contributed by atoms with Crippen LogP contribution < -0.4 is 10.6 Å². The van der Waals surface area contributed by atoms with Gasteiger partial charge in [0.2, 0.25) is 10.0 Å². The fourth-order valence-electron chi connectivity index (χ4n) is 2.65. The Kier molecular flexibility index (Phi) is 11.1. The monoisotopic (exact) mass is 512 g/mol. The van der Waals surface area contributed by atoms with E-state index < -0.39 is 10.0 Å². The van der Waals surface area contributed by atoms with Gasteiger partial charge in [-0.05, 0) is 11.1 Å². The van der Waals surface area contributed by atoms with E-state index in [1.54, 1.807) is 14.2 Å². The van der Waals surface area contributed by atoms with Crippen molar-refractivity contribution in [2.75, 3.05) is 53.6 Å². The summed E-state index contributed by atoms with van der Waals surface area (Å²) in [4.78, 5) is 4.15. The van der Waals surface area contributed by atoms with Crippen LogP contribution in [-0.2, 0) is 31.8 Å². The topological polar surface area (TPSA) is 92.3 Å². The van der Waals surface area contributed by atoms with Crippen molar-refractivity contribution in [1.82, 2.24) is 14.9 Å². The Hall–Kier alpha value is -0.950. The van der Waals surface area contributed by atoms with E-state index in [-0.39, 0.29) is 29.7 Å². The summed E-state index contributed by atoms with van der Waals surface area (Å²) in [6.45, 7) is 3.44. The van der Waals surface area contributed by atoms with Crippen LogP contribution in [0, 0.1) is 0 Å². The van der Waals surface area contributed by atoms with Gasteiger partial charge in [-0.2, -0.15) is 4.31 Å². The predicted octanol–water partition coefficient (Wildman–Crippen LogP) is 0.778. The molecule has 0 aromatic heterocycles. The number of sulfonamides is 1. The quantitative estimate of drug-likeness (QED) is 0.232. The van der Waals surface area contributed by atoms with Crippen molar-refractivity contribution in [2.24, 2.45) is 4.99 Å². The molecule has 0 radical (unpaired) electrons. The number of nitrogens with zero attached hydrogens (tertiary/aromatic N) is 2. The summed E-state index contributed by atoms with van der Waals surface area (Å²) in [5, 5.41) is 6.34. The SMILES string of the molecule is CN=C(NCCOC)NCc1ccccc1CS(=O)(=O)N1CCOCC1.I. The molecular formula is C17H29IN4O4S. The molecule has 1 aliphatic rings. The number of hydrogen-bond donors (Lipinski definition) is 2. The Morgan fingerprint density at radius 2 is 1.89 bits per heavy atom. The van der Waals surface area contributed by atoms with E-state index in [0.717, 1.165) is 11.1 Å². The number of methoxy groups -OCH3 is 1. The molecule has 8 nitrogen and oxygen atoms in total. The number of aliphatic imine (C=N–C) groups is 1. The first kappa shape index (κ1) is 24.1. The van der Waals surface area contributed by atoms with Crippen LogP contribution in [0.15, 0.2) is 29.3 Å². The molecule has 1 heterocycles. The van der Waals surface area contributed by atoms with E-state index in [4.69, 9.17) is 9.47 Å². The van der Waals surface area contributed by atoms with Crippen LogP contribution >= 0.6 is 24.0 Å². The minimum atomic E-state index is -3.36. The highest BCUT2D eigenvalue weighted by molar-refractivity contribution is 14.0.